The predicted octanol–water partition coefficient (Wildman–Crippen LogP) is 1.93. The van der Waals surface area contributed by atoms with Crippen molar-refractivity contribution >= 4 is 0 Å². The quantitative estimate of drug-likeness (QED) is 0.742. The first-order valence-electron chi connectivity index (χ1n) is 5.06. The third-order valence-corrected chi connectivity index (χ3v) is 2.10. The summed E-state index contributed by atoms with van der Waals surface area (Å²) in [4.78, 5) is 14.2. The smallest absolute Gasteiger partial charge is 0.310 e. The number of aryl methyl sites for hydroxylation is 2. The molecule has 0 saturated carbocycles. The molecule has 0 fully saturated rings. The Kier molecular flexibility index (Phi) is 3.80. The Balaban J connectivity index is 2.65. The molecule has 13 heavy (non-hydrogen) atoms. The SMILES string of the molecule is CCCCc1cn(CCC)c(=O)[nH]1. The Morgan fingerprint density at radius 1 is 1.38 bits per heavy atom. The topological polar surface area (TPSA) is 37.8 Å². The highest BCUT2D eigenvalue weighted by Gasteiger charge is 2.00. The lowest BCUT2D eigenvalue weighted by atomic mass is 10.2. The van der Waals surface area contributed by atoms with E-state index in [-0.39, 0.29) is 5.69 Å². The molecule has 0 radical (unpaired) electrons. The first kappa shape index (κ1) is 10.1. The lowest BCUT2D eigenvalue weighted by Crippen LogP contribution is -2.15. The van der Waals surface area contributed by atoms with E-state index in [9.17, 15) is 4.79 Å². The molecule has 3 nitrogen and oxygen atoms in total. The molecular formula is C10H18N2O. The van der Waals surface area contributed by atoms with Crippen LogP contribution in [0.4, 0.5) is 0 Å². The van der Waals surface area contributed by atoms with Crippen molar-refractivity contribution in [2.24, 2.45) is 0 Å². The van der Waals surface area contributed by atoms with Gasteiger partial charge < -0.3 is 4.98 Å². The number of aromatic amines is 1. The number of hydrogen-bond acceptors (Lipinski definition) is 1. The van der Waals surface area contributed by atoms with Crippen LogP contribution in [0.15, 0.2) is 11.0 Å². The van der Waals surface area contributed by atoms with Gasteiger partial charge in [0.25, 0.3) is 0 Å². The van der Waals surface area contributed by atoms with Crippen LogP contribution in [0, 0.1) is 0 Å². The predicted molar refractivity (Wildman–Crippen MR) is 54.0 cm³/mol. The Labute approximate surface area is 78.8 Å². The van der Waals surface area contributed by atoms with Crippen LogP contribution in [0.1, 0.15) is 38.8 Å². The van der Waals surface area contributed by atoms with E-state index < -0.39 is 0 Å². The van der Waals surface area contributed by atoms with E-state index in [4.69, 9.17) is 0 Å². The third kappa shape index (κ3) is 2.76. The first-order valence-corrected chi connectivity index (χ1v) is 5.06. The normalized spacial score (nSPS) is 10.6. The van der Waals surface area contributed by atoms with Gasteiger partial charge in [-0.05, 0) is 19.3 Å². The molecule has 1 heterocycles. The number of rotatable bonds is 5. The molecule has 0 aliphatic rings. The second kappa shape index (κ2) is 4.90. The van der Waals surface area contributed by atoms with E-state index in [1.807, 2.05) is 6.20 Å². The molecule has 0 spiro atoms. The molecule has 0 unspecified atom stereocenters. The monoisotopic (exact) mass is 182 g/mol. The van der Waals surface area contributed by atoms with Crippen molar-refractivity contribution in [3.05, 3.63) is 22.4 Å². The molecule has 1 N–H and O–H groups in total. The molecule has 0 aliphatic carbocycles. The van der Waals surface area contributed by atoms with E-state index >= 15 is 0 Å². The minimum Gasteiger partial charge on any atom is -0.310 e. The Bertz CT molecular complexity index is 298. The van der Waals surface area contributed by atoms with Gasteiger partial charge in [-0.3, -0.25) is 4.57 Å². The minimum absolute atomic E-state index is 0.0351. The maximum absolute atomic E-state index is 11.3. The largest absolute Gasteiger partial charge is 0.325 e. The second-order valence-electron chi connectivity index (χ2n) is 3.38. The summed E-state index contributed by atoms with van der Waals surface area (Å²) in [6, 6.07) is 0. The highest BCUT2D eigenvalue weighted by molar-refractivity contribution is 4.96. The zero-order valence-electron chi connectivity index (χ0n) is 8.47. The van der Waals surface area contributed by atoms with Crippen LogP contribution in [-0.2, 0) is 13.0 Å². The summed E-state index contributed by atoms with van der Waals surface area (Å²) in [6.45, 7) is 5.05. The van der Waals surface area contributed by atoms with E-state index in [2.05, 4.69) is 18.8 Å². The van der Waals surface area contributed by atoms with Crippen LogP contribution in [-0.4, -0.2) is 9.55 Å². The van der Waals surface area contributed by atoms with Gasteiger partial charge in [0.15, 0.2) is 0 Å². The summed E-state index contributed by atoms with van der Waals surface area (Å²) in [5.41, 5.74) is 1.10. The summed E-state index contributed by atoms with van der Waals surface area (Å²) < 4.78 is 1.75. The van der Waals surface area contributed by atoms with Gasteiger partial charge in [0, 0.05) is 18.4 Å². The van der Waals surface area contributed by atoms with Crippen molar-refractivity contribution < 1.29 is 0 Å². The Morgan fingerprint density at radius 3 is 2.77 bits per heavy atom. The zero-order valence-corrected chi connectivity index (χ0v) is 8.47. The van der Waals surface area contributed by atoms with Crippen LogP contribution in [0.5, 0.6) is 0 Å². The van der Waals surface area contributed by atoms with E-state index in [0.717, 1.165) is 31.5 Å². The van der Waals surface area contributed by atoms with Crippen LogP contribution in [0.2, 0.25) is 0 Å². The van der Waals surface area contributed by atoms with Crippen molar-refractivity contribution in [2.45, 2.75) is 46.1 Å². The highest BCUT2D eigenvalue weighted by atomic mass is 16.1. The number of aromatic nitrogens is 2. The summed E-state index contributed by atoms with van der Waals surface area (Å²) in [7, 11) is 0. The van der Waals surface area contributed by atoms with Crippen LogP contribution in [0.25, 0.3) is 0 Å². The molecule has 0 bridgehead atoms. The fourth-order valence-electron chi connectivity index (χ4n) is 1.39. The molecule has 1 aromatic heterocycles. The Morgan fingerprint density at radius 2 is 2.15 bits per heavy atom. The van der Waals surface area contributed by atoms with Crippen molar-refractivity contribution in [2.75, 3.05) is 0 Å². The lowest BCUT2D eigenvalue weighted by Gasteiger charge is -1.94. The number of unbranched alkanes of at least 4 members (excludes halogenated alkanes) is 1. The van der Waals surface area contributed by atoms with Gasteiger partial charge >= 0.3 is 5.69 Å². The summed E-state index contributed by atoms with van der Waals surface area (Å²) in [5.74, 6) is 0. The van der Waals surface area contributed by atoms with Gasteiger partial charge in [-0.15, -0.1) is 0 Å². The molecule has 1 rings (SSSR count). The van der Waals surface area contributed by atoms with E-state index in [1.54, 1.807) is 4.57 Å². The standard InChI is InChI=1S/C10H18N2O/c1-3-5-6-9-8-12(7-4-2)10(13)11-9/h8H,3-7H2,1-2H3,(H,11,13). The van der Waals surface area contributed by atoms with Gasteiger partial charge in [-0.25, -0.2) is 4.79 Å². The first-order chi connectivity index (χ1) is 6.27. The maximum Gasteiger partial charge on any atom is 0.325 e. The number of imidazole rings is 1. The second-order valence-corrected chi connectivity index (χ2v) is 3.38. The molecule has 0 atom stereocenters. The Hall–Kier alpha value is -0.990. The average molecular weight is 182 g/mol. The van der Waals surface area contributed by atoms with Gasteiger partial charge in [0.1, 0.15) is 0 Å². The molecule has 0 saturated heterocycles. The van der Waals surface area contributed by atoms with Crippen LogP contribution in [0.3, 0.4) is 0 Å². The van der Waals surface area contributed by atoms with Crippen molar-refractivity contribution in [1.29, 1.82) is 0 Å². The average Bonchev–Trinajstić information content (AvgIpc) is 2.45. The molecule has 1 aromatic rings. The fourth-order valence-corrected chi connectivity index (χ4v) is 1.39. The third-order valence-electron chi connectivity index (χ3n) is 2.10. The zero-order chi connectivity index (χ0) is 9.68. The molecule has 3 heteroatoms. The van der Waals surface area contributed by atoms with Crippen molar-refractivity contribution in [3.8, 4) is 0 Å². The fraction of sp³-hybridized carbons (Fsp3) is 0.700. The number of hydrogen-bond donors (Lipinski definition) is 1. The van der Waals surface area contributed by atoms with Crippen molar-refractivity contribution in [1.82, 2.24) is 9.55 Å². The number of H-pyrrole nitrogens is 1. The van der Waals surface area contributed by atoms with Crippen LogP contribution >= 0.6 is 0 Å². The van der Waals surface area contributed by atoms with E-state index in [0.29, 0.717) is 0 Å². The summed E-state index contributed by atoms with van der Waals surface area (Å²) in [6.07, 6.45) is 6.25. The summed E-state index contributed by atoms with van der Waals surface area (Å²) in [5, 5.41) is 0. The minimum atomic E-state index is 0.0351. The molecule has 74 valence electrons. The molecule has 0 aliphatic heterocycles. The lowest BCUT2D eigenvalue weighted by molar-refractivity contribution is 0.656. The maximum atomic E-state index is 11.3. The molecule has 0 aromatic carbocycles. The van der Waals surface area contributed by atoms with Gasteiger partial charge in [-0.2, -0.15) is 0 Å². The van der Waals surface area contributed by atoms with Gasteiger partial charge in [-0.1, -0.05) is 20.3 Å². The molecular weight excluding hydrogens is 164 g/mol. The van der Waals surface area contributed by atoms with Gasteiger partial charge in [0.05, 0.1) is 0 Å². The molecule has 0 amide bonds. The highest BCUT2D eigenvalue weighted by Crippen LogP contribution is 1.99. The number of nitrogens with zero attached hydrogens (tertiary/aromatic N) is 1. The summed E-state index contributed by atoms with van der Waals surface area (Å²) >= 11 is 0. The van der Waals surface area contributed by atoms with E-state index in [1.165, 1.54) is 6.42 Å². The number of nitrogens with one attached hydrogen (secondary N) is 1. The van der Waals surface area contributed by atoms with Crippen LogP contribution < -0.4 is 5.69 Å². The van der Waals surface area contributed by atoms with Crippen molar-refractivity contribution in [3.63, 3.8) is 0 Å². The van der Waals surface area contributed by atoms with Gasteiger partial charge in [0.2, 0.25) is 0 Å².